The third kappa shape index (κ3) is 2.50. The molecule has 0 aromatic heterocycles. The normalized spacial score (nSPS) is 12.6. The largest absolute Gasteiger partial charge is 0.476 e. The summed E-state index contributed by atoms with van der Waals surface area (Å²) < 4.78 is 17.9. The van der Waals surface area contributed by atoms with Crippen molar-refractivity contribution in [3.8, 4) is 5.75 Å². The van der Waals surface area contributed by atoms with Crippen LogP contribution >= 0.6 is 15.9 Å². The van der Waals surface area contributed by atoms with Gasteiger partial charge in [-0.25, -0.2) is 4.39 Å². The highest BCUT2D eigenvalue weighted by molar-refractivity contribution is 9.09. The molecule has 60 valence electrons. The number of rotatable bonds is 2. The van der Waals surface area contributed by atoms with Crippen molar-refractivity contribution in [2.45, 2.75) is 11.9 Å². The molecule has 1 rings (SSSR count). The summed E-state index contributed by atoms with van der Waals surface area (Å²) >= 11 is 3.16. The van der Waals surface area contributed by atoms with E-state index in [0.717, 1.165) is 0 Å². The second kappa shape index (κ2) is 3.72. The van der Waals surface area contributed by atoms with E-state index in [1.807, 2.05) is 0 Å². The van der Waals surface area contributed by atoms with E-state index >= 15 is 0 Å². The monoisotopic (exact) mass is 218 g/mol. The van der Waals surface area contributed by atoms with E-state index in [-0.39, 0.29) is 16.6 Å². The van der Waals surface area contributed by atoms with Crippen LogP contribution in [-0.2, 0) is 0 Å². The second-order valence-electron chi connectivity index (χ2n) is 2.09. The Kier molecular flexibility index (Phi) is 2.88. The Morgan fingerprint density at radius 3 is 2.64 bits per heavy atom. The Balaban J connectivity index is 2.78. The molecule has 0 bridgehead atoms. The lowest BCUT2D eigenvalue weighted by Gasteiger charge is -2.07. The van der Waals surface area contributed by atoms with Crippen LogP contribution in [0.4, 0.5) is 4.39 Å². The standard InChI is InChI=1S/C8H8BrFO/c1-6(9)11-8-5-3-2-4-7(8)10/h2-6H,1H3. The summed E-state index contributed by atoms with van der Waals surface area (Å²) in [5.41, 5.74) is 0. The zero-order valence-electron chi connectivity index (χ0n) is 6.05. The fraction of sp³-hybridized carbons (Fsp3) is 0.250. The first-order valence-electron chi connectivity index (χ1n) is 3.25. The van der Waals surface area contributed by atoms with E-state index in [4.69, 9.17) is 4.74 Å². The summed E-state index contributed by atoms with van der Waals surface area (Å²) in [6, 6.07) is 6.31. The van der Waals surface area contributed by atoms with Gasteiger partial charge in [0.15, 0.2) is 16.6 Å². The van der Waals surface area contributed by atoms with Crippen LogP contribution in [0.15, 0.2) is 24.3 Å². The predicted octanol–water partition coefficient (Wildman–Crippen LogP) is 2.95. The molecular weight excluding hydrogens is 211 g/mol. The molecule has 1 unspecified atom stereocenters. The van der Waals surface area contributed by atoms with Gasteiger partial charge >= 0.3 is 0 Å². The molecule has 0 radical (unpaired) electrons. The Labute approximate surface area is 73.3 Å². The molecule has 1 aromatic carbocycles. The minimum absolute atomic E-state index is 0.167. The van der Waals surface area contributed by atoms with Gasteiger partial charge in [0, 0.05) is 0 Å². The van der Waals surface area contributed by atoms with Crippen LogP contribution in [-0.4, -0.2) is 5.01 Å². The van der Waals surface area contributed by atoms with Gasteiger partial charge in [-0.3, -0.25) is 0 Å². The molecule has 0 spiro atoms. The van der Waals surface area contributed by atoms with Gasteiger partial charge in [0.25, 0.3) is 0 Å². The van der Waals surface area contributed by atoms with Gasteiger partial charge in [-0.05, 0) is 35.0 Å². The molecule has 1 aromatic rings. The number of ether oxygens (including phenoxy) is 1. The maximum absolute atomic E-state index is 12.8. The van der Waals surface area contributed by atoms with Crippen molar-refractivity contribution in [2.24, 2.45) is 0 Å². The molecular formula is C8H8BrFO. The molecule has 0 saturated carbocycles. The number of alkyl halides is 1. The van der Waals surface area contributed by atoms with E-state index in [9.17, 15) is 4.39 Å². The fourth-order valence-electron chi connectivity index (χ4n) is 0.715. The van der Waals surface area contributed by atoms with Crippen LogP contribution in [0.2, 0.25) is 0 Å². The van der Waals surface area contributed by atoms with E-state index in [0.29, 0.717) is 0 Å². The van der Waals surface area contributed by atoms with Crippen molar-refractivity contribution in [2.75, 3.05) is 0 Å². The van der Waals surface area contributed by atoms with Crippen LogP contribution in [0.25, 0.3) is 0 Å². The van der Waals surface area contributed by atoms with Crippen LogP contribution in [0, 0.1) is 5.82 Å². The Bertz CT molecular complexity index is 237. The summed E-state index contributed by atoms with van der Waals surface area (Å²) in [7, 11) is 0. The number of hydrogen-bond acceptors (Lipinski definition) is 1. The fourth-order valence-corrected chi connectivity index (χ4v) is 0.917. The van der Waals surface area contributed by atoms with Crippen molar-refractivity contribution < 1.29 is 9.13 Å². The molecule has 0 aliphatic carbocycles. The van der Waals surface area contributed by atoms with Crippen molar-refractivity contribution in [1.29, 1.82) is 0 Å². The lowest BCUT2D eigenvalue weighted by Crippen LogP contribution is -2.02. The van der Waals surface area contributed by atoms with Crippen LogP contribution in [0.3, 0.4) is 0 Å². The number of halogens is 2. The Morgan fingerprint density at radius 1 is 1.45 bits per heavy atom. The molecule has 0 heterocycles. The topological polar surface area (TPSA) is 9.23 Å². The third-order valence-electron chi connectivity index (χ3n) is 1.13. The van der Waals surface area contributed by atoms with Gasteiger partial charge in [-0.2, -0.15) is 0 Å². The van der Waals surface area contributed by atoms with Gasteiger partial charge in [-0.1, -0.05) is 12.1 Å². The highest BCUT2D eigenvalue weighted by atomic mass is 79.9. The van der Waals surface area contributed by atoms with E-state index in [2.05, 4.69) is 15.9 Å². The van der Waals surface area contributed by atoms with Gasteiger partial charge in [-0.15, -0.1) is 0 Å². The lowest BCUT2D eigenvalue weighted by atomic mass is 10.3. The van der Waals surface area contributed by atoms with Gasteiger partial charge in [0.05, 0.1) is 0 Å². The summed E-state index contributed by atoms with van der Waals surface area (Å²) in [4.78, 5) is 0. The van der Waals surface area contributed by atoms with Gasteiger partial charge < -0.3 is 4.74 Å². The highest BCUT2D eigenvalue weighted by Gasteiger charge is 2.02. The number of benzene rings is 1. The Hall–Kier alpha value is -0.570. The summed E-state index contributed by atoms with van der Waals surface area (Å²) in [6.07, 6.45) is 0. The Morgan fingerprint density at radius 2 is 2.09 bits per heavy atom. The molecule has 1 atom stereocenters. The van der Waals surface area contributed by atoms with E-state index in [1.165, 1.54) is 6.07 Å². The van der Waals surface area contributed by atoms with E-state index in [1.54, 1.807) is 25.1 Å². The van der Waals surface area contributed by atoms with Gasteiger partial charge in [0.1, 0.15) is 0 Å². The third-order valence-corrected chi connectivity index (χ3v) is 1.31. The van der Waals surface area contributed by atoms with Crippen molar-refractivity contribution in [1.82, 2.24) is 0 Å². The van der Waals surface area contributed by atoms with Crippen molar-refractivity contribution >= 4 is 15.9 Å². The summed E-state index contributed by atoms with van der Waals surface area (Å²) in [6.45, 7) is 1.78. The first-order chi connectivity index (χ1) is 5.20. The molecule has 1 nitrogen and oxygen atoms in total. The molecule has 3 heteroatoms. The van der Waals surface area contributed by atoms with E-state index < -0.39 is 0 Å². The van der Waals surface area contributed by atoms with Gasteiger partial charge in [0.2, 0.25) is 0 Å². The van der Waals surface area contributed by atoms with Crippen LogP contribution in [0.1, 0.15) is 6.92 Å². The smallest absolute Gasteiger partial charge is 0.165 e. The molecule has 0 N–H and O–H groups in total. The minimum atomic E-state index is -0.334. The first kappa shape index (κ1) is 8.53. The number of para-hydroxylation sites is 1. The second-order valence-corrected chi connectivity index (χ2v) is 3.38. The zero-order valence-corrected chi connectivity index (χ0v) is 7.64. The SMILES string of the molecule is CC(Br)Oc1ccccc1F. The average Bonchev–Trinajstić information content (AvgIpc) is 1.93. The molecule has 0 aliphatic heterocycles. The molecule has 11 heavy (non-hydrogen) atoms. The highest BCUT2D eigenvalue weighted by Crippen LogP contribution is 2.18. The maximum atomic E-state index is 12.8. The average molecular weight is 219 g/mol. The first-order valence-corrected chi connectivity index (χ1v) is 4.17. The zero-order chi connectivity index (χ0) is 8.27. The quantitative estimate of drug-likeness (QED) is 0.694. The molecule has 0 saturated heterocycles. The molecule has 0 amide bonds. The van der Waals surface area contributed by atoms with Crippen molar-refractivity contribution in [3.05, 3.63) is 30.1 Å². The van der Waals surface area contributed by atoms with Crippen LogP contribution in [0.5, 0.6) is 5.75 Å². The van der Waals surface area contributed by atoms with Crippen LogP contribution < -0.4 is 4.74 Å². The maximum Gasteiger partial charge on any atom is 0.165 e. The molecule has 0 aliphatic rings. The number of hydrogen-bond donors (Lipinski definition) is 0. The van der Waals surface area contributed by atoms with Crippen molar-refractivity contribution in [3.63, 3.8) is 0 Å². The predicted molar refractivity (Wildman–Crippen MR) is 45.4 cm³/mol. The minimum Gasteiger partial charge on any atom is -0.476 e. The lowest BCUT2D eigenvalue weighted by molar-refractivity contribution is 0.298. The summed E-state index contributed by atoms with van der Waals surface area (Å²) in [5.74, 6) is -0.0596. The molecule has 0 fully saturated rings. The summed E-state index contributed by atoms with van der Waals surface area (Å²) in [5, 5.41) is -0.167.